The Labute approximate surface area is 121 Å². The molecule has 19 heavy (non-hydrogen) atoms. The second-order valence-electron chi connectivity index (χ2n) is 4.81. The van der Waals surface area contributed by atoms with E-state index in [1.807, 2.05) is 17.3 Å². The molecule has 2 heterocycles. The van der Waals surface area contributed by atoms with Crippen LogP contribution in [0.5, 0.6) is 0 Å². The van der Waals surface area contributed by atoms with Crippen molar-refractivity contribution in [3.63, 3.8) is 0 Å². The van der Waals surface area contributed by atoms with E-state index in [1.165, 1.54) is 7.11 Å². The Morgan fingerprint density at radius 1 is 1.58 bits per heavy atom. The first kappa shape index (κ1) is 14.4. The van der Waals surface area contributed by atoms with Crippen molar-refractivity contribution in [2.45, 2.75) is 25.6 Å². The molecule has 0 aliphatic carbocycles. The number of likely N-dealkylation sites (N-methyl/N-ethyl adjacent to an activating group) is 1. The Morgan fingerprint density at radius 3 is 2.84 bits per heavy atom. The minimum Gasteiger partial charge on any atom is -0.464 e. The summed E-state index contributed by atoms with van der Waals surface area (Å²) >= 11 is 3.32. The van der Waals surface area contributed by atoms with E-state index in [0.717, 1.165) is 16.3 Å². The van der Waals surface area contributed by atoms with Gasteiger partial charge in [0.05, 0.1) is 7.11 Å². The summed E-state index contributed by atoms with van der Waals surface area (Å²) in [7, 11) is 3.36. The molecule has 0 aromatic carbocycles. The minimum absolute atomic E-state index is 0.0860. The summed E-state index contributed by atoms with van der Waals surface area (Å²) in [4.78, 5) is 19.4. The number of thiazole rings is 1. The highest BCUT2D eigenvalue weighted by molar-refractivity contribution is 8.03. The average molecular weight is 298 g/mol. The predicted molar refractivity (Wildman–Crippen MR) is 78.7 cm³/mol. The van der Waals surface area contributed by atoms with Crippen LogP contribution in [0, 0.1) is 5.92 Å². The molecule has 1 aromatic rings. The van der Waals surface area contributed by atoms with Crippen LogP contribution in [-0.2, 0) is 9.53 Å². The van der Waals surface area contributed by atoms with Gasteiger partial charge in [0.15, 0.2) is 0 Å². The van der Waals surface area contributed by atoms with Crippen molar-refractivity contribution in [2.24, 2.45) is 5.92 Å². The van der Waals surface area contributed by atoms with E-state index in [9.17, 15) is 4.79 Å². The Bertz CT molecular complexity index is 483. The van der Waals surface area contributed by atoms with Crippen LogP contribution in [0.4, 0.5) is 0 Å². The maximum absolute atomic E-state index is 12.0. The zero-order valence-electron chi connectivity index (χ0n) is 11.5. The summed E-state index contributed by atoms with van der Waals surface area (Å²) in [6.07, 6.45) is 2.69. The van der Waals surface area contributed by atoms with Crippen molar-refractivity contribution in [1.82, 2.24) is 9.88 Å². The smallest absolute Gasteiger partial charge is 0.355 e. The van der Waals surface area contributed by atoms with Gasteiger partial charge in [0.2, 0.25) is 0 Å². The molecule has 0 saturated carbocycles. The Morgan fingerprint density at radius 2 is 2.32 bits per heavy atom. The van der Waals surface area contributed by atoms with E-state index >= 15 is 0 Å². The van der Waals surface area contributed by atoms with Crippen LogP contribution >= 0.6 is 23.1 Å². The Hall–Kier alpha value is -1.01. The van der Waals surface area contributed by atoms with E-state index < -0.39 is 0 Å². The number of nitrogens with zero attached hydrogens (tertiary/aromatic N) is 2. The number of allylic oxidation sites excluding steroid dienone is 1. The molecule has 104 valence electrons. The highest BCUT2D eigenvalue weighted by atomic mass is 32.2. The summed E-state index contributed by atoms with van der Waals surface area (Å²) in [6.45, 7) is 4.30. The second-order valence-corrected chi connectivity index (χ2v) is 6.91. The van der Waals surface area contributed by atoms with Crippen molar-refractivity contribution >= 4 is 29.1 Å². The van der Waals surface area contributed by atoms with Gasteiger partial charge in [-0.25, -0.2) is 9.78 Å². The third-order valence-corrected chi connectivity index (χ3v) is 5.24. The summed E-state index contributed by atoms with van der Waals surface area (Å²) in [5, 5.41) is 3.07. The van der Waals surface area contributed by atoms with Gasteiger partial charge in [-0.15, -0.1) is 11.3 Å². The zero-order chi connectivity index (χ0) is 14.0. The topological polar surface area (TPSA) is 42.4 Å². The zero-order valence-corrected chi connectivity index (χ0v) is 13.2. The first-order chi connectivity index (χ1) is 9.04. The van der Waals surface area contributed by atoms with Gasteiger partial charge in [-0.3, -0.25) is 0 Å². The number of carbonyl (C=O) groups excluding carboxylic acids is 1. The van der Waals surface area contributed by atoms with Crippen molar-refractivity contribution in [3.05, 3.63) is 27.2 Å². The first-order valence-electron chi connectivity index (χ1n) is 6.15. The van der Waals surface area contributed by atoms with Gasteiger partial charge in [-0.1, -0.05) is 25.6 Å². The van der Waals surface area contributed by atoms with Crippen LogP contribution in [0.3, 0.4) is 0 Å². The lowest BCUT2D eigenvalue weighted by Crippen LogP contribution is -2.23. The SMILES string of the molecule is COC(=O)C1=C(CC(C)C)SC(c2nccs2)N1C. The van der Waals surface area contributed by atoms with Gasteiger partial charge >= 0.3 is 5.97 Å². The van der Waals surface area contributed by atoms with E-state index in [2.05, 4.69) is 18.8 Å². The molecule has 1 aliphatic heterocycles. The van der Waals surface area contributed by atoms with Crippen LogP contribution in [0.15, 0.2) is 22.2 Å². The lowest BCUT2D eigenvalue weighted by atomic mass is 10.1. The third-order valence-electron chi connectivity index (χ3n) is 2.86. The van der Waals surface area contributed by atoms with Gasteiger partial charge < -0.3 is 9.64 Å². The molecular weight excluding hydrogens is 280 g/mol. The van der Waals surface area contributed by atoms with Crippen LogP contribution < -0.4 is 0 Å². The van der Waals surface area contributed by atoms with E-state index in [-0.39, 0.29) is 11.3 Å². The molecule has 0 spiro atoms. The monoisotopic (exact) mass is 298 g/mol. The fourth-order valence-electron chi connectivity index (χ4n) is 2.03. The normalized spacial score (nSPS) is 19.4. The fourth-order valence-corrected chi connectivity index (χ4v) is 4.46. The van der Waals surface area contributed by atoms with Crippen LogP contribution in [0.1, 0.15) is 30.6 Å². The number of ether oxygens (including phenoxy) is 1. The first-order valence-corrected chi connectivity index (χ1v) is 7.90. The predicted octanol–water partition coefficient (Wildman–Crippen LogP) is 3.25. The van der Waals surface area contributed by atoms with Crippen molar-refractivity contribution in [2.75, 3.05) is 14.2 Å². The van der Waals surface area contributed by atoms with Crippen molar-refractivity contribution in [3.8, 4) is 0 Å². The fraction of sp³-hybridized carbons (Fsp3) is 0.538. The molecule has 0 N–H and O–H groups in total. The molecule has 1 aliphatic rings. The average Bonchev–Trinajstić information content (AvgIpc) is 2.96. The molecule has 6 heteroatoms. The van der Waals surface area contributed by atoms with Gasteiger partial charge in [0, 0.05) is 23.5 Å². The van der Waals surface area contributed by atoms with Gasteiger partial charge in [0.1, 0.15) is 16.1 Å². The lowest BCUT2D eigenvalue weighted by molar-refractivity contribution is -0.137. The van der Waals surface area contributed by atoms with Crippen LogP contribution in [0.25, 0.3) is 0 Å². The largest absolute Gasteiger partial charge is 0.464 e. The second kappa shape index (κ2) is 5.96. The summed E-state index contributed by atoms with van der Waals surface area (Å²) < 4.78 is 4.91. The number of esters is 1. The van der Waals surface area contributed by atoms with E-state index in [0.29, 0.717) is 11.6 Å². The van der Waals surface area contributed by atoms with E-state index in [1.54, 1.807) is 29.3 Å². The van der Waals surface area contributed by atoms with Gasteiger partial charge in [-0.2, -0.15) is 0 Å². The number of thioether (sulfide) groups is 1. The minimum atomic E-state index is -0.260. The highest BCUT2D eigenvalue weighted by Crippen LogP contribution is 2.49. The summed E-state index contributed by atoms with van der Waals surface area (Å²) in [5.74, 6) is 0.246. The molecule has 1 atom stereocenters. The van der Waals surface area contributed by atoms with Gasteiger partial charge in [0.25, 0.3) is 0 Å². The molecular formula is C13H18N2O2S2. The van der Waals surface area contributed by atoms with Crippen molar-refractivity contribution in [1.29, 1.82) is 0 Å². The molecule has 1 aromatic heterocycles. The summed E-state index contributed by atoms with van der Waals surface area (Å²) in [6, 6.07) is 0. The molecule has 2 rings (SSSR count). The van der Waals surface area contributed by atoms with Crippen LogP contribution in [-0.4, -0.2) is 30.0 Å². The lowest BCUT2D eigenvalue weighted by Gasteiger charge is -2.20. The Balaban J connectivity index is 2.29. The third kappa shape index (κ3) is 2.95. The quantitative estimate of drug-likeness (QED) is 0.798. The number of hydrogen-bond donors (Lipinski definition) is 0. The number of aromatic nitrogens is 1. The molecule has 1 unspecified atom stereocenters. The molecule has 4 nitrogen and oxygen atoms in total. The number of rotatable bonds is 4. The standard InChI is InChI=1S/C13H18N2O2S2/c1-8(2)7-9-10(13(16)17-4)15(3)12(19-9)11-14-5-6-18-11/h5-6,8,12H,7H2,1-4H3. The molecule has 0 amide bonds. The molecule has 0 fully saturated rings. The number of methoxy groups -OCH3 is 1. The maximum Gasteiger partial charge on any atom is 0.355 e. The molecule has 0 radical (unpaired) electrons. The van der Waals surface area contributed by atoms with Gasteiger partial charge in [-0.05, 0) is 12.3 Å². The van der Waals surface area contributed by atoms with Crippen LogP contribution in [0.2, 0.25) is 0 Å². The highest BCUT2D eigenvalue weighted by Gasteiger charge is 2.36. The number of carbonyl (C=O) groups is 1. The molecule has 0 saturated heterocycles. The summed E-state index contributed by atoms with van der Waals surface area (Å²) in [5.41, 5.74) is 0.682. The van der Waals surface area contributed by atoms with E-state index in [4.69, 9.17) is 4.74 Å². The number of hydrogen-bond acceptors (Lipinski definition) is 6. The maximum atomic E-state index is 12.0. The molecule has 0 bridgehead atoms. The Kier molecular flexibility index (Phi) is 4.52. The van der Waals surface area contributed by atoms with Crippen molar-refractivity contribution < 1.29 is 9.53 Å².